The molecule has 0 unspecified atom stereocenters. The average molecular weight is 375 g/mol. The monoisotopic (exact) mass is 375 g/mol. The summed E-state index contributed by atoms with van der Waals surface area (Å²) >= 11 is 0. The molecule has 138 valence electrons. The molecule has 4 rings (SSSR count). The van der Waals surface area contributed by atoms with Crippen molar-refractivity contribution in [2.45, 2.75) is 26.7 Å². The molecule has 0 aliphatic carbocycles. The fraction of sp³-hybridized carbons (Fsp3) is 0.444. The van der Waals surface area contributed by atoms with E-state index in [-0.39, 0.29) is 18.5 Å². The van der Waals surface area contributed by atoms with Gasteiger partial charge < -0.3 is 9.47 Å². The van der Waals surface area contributed by atoms with Gasteiger partial charge >= 0.3 is 0 Å². The second-order valence-corrected chi connectivity index (χ2v) is 9.05. The summed E-state index contributed by atoms with van der Waals surface area (Å²) in [7, 11) is -3.09. The van der Waals surface area contributed by atoms with E-state index in [1.165, 1.54) is 5.41 Å². The largest absolute Gasteiger partial charge is 0.454 e. The molecule has 0 saturated carbocycles. The van der Waals surface area contributed by atoms with Gasteiger partial charge in [-0.15, -0.1) is 0 Å². The van der Waals surface area contributed by atoms with Crippen molar-refractivity contribution in [3.8, 4) is 17.2 Å². The highest BCUT2D eigenvalue weighted by Crippen LogP contribution is 2.34. The van der Waals surface area contributed by atoms with E-state index >= 15 is 0 Å². The van der Waals surface area contributed by atoms with E-state index in [0.29, 0.717) is 23.8 Å². The van der Waals surface area contributed by atoms with Crippen LogP contribution in [0.1, 0.15) is 25.5 Å². The molecule has 0 radical (unpaired) electrons. The zero-order valence-corrected chi connectivity index (χ0v) is 15.6. The number of sulfone groups is 1. The lowest BCUT2D eigenvalue weighted by molar-refractivity contribution is 0.174. The maximum atomic E-state index is 11.7. The summed E-state index contributed by atoms with van der Waals surface area (Å²) in [6, 6.07) is 5.64. The Balaban J connectivity index is 1.68. The van der Waals surface area contributed by atoms with Crippen molar-refractivity contribution < 1.29 is 17.9 Å². The van der Waals surface area contributed by atoms with Crippen LogP contribution in [0.5, 0.6) is 11.5 Å². The lowest BCUT2D eigenvalue weighted by Gasteiger charge is -2.09. The number of nitrogens with zero attached hydrogens (tertiary/aromatic N) is 3. The first-order chi connectivity index (χ1) is 12.4. The van der Waals surface area contributed by atoms with Gasteiger partial charge in [-0.25, -0.2) is 18.1 Å². The molecule has 1 atom stereocenters. The third-order valence-electron chi connectivity index (χ3n) is 4.36. The molecule has 0 saturated heterocycles. The zero-order valence-electron chi connectivity index (χ0n) is 14.8. The SMILES string of the molecule is CC(C)Cc1nc(C[C@H]2C=CS(=O)(=O)C2)n(-c2ccc3c(c2)OCO3)n1. The van der Waals surface area contributed by atoms with Crippen molar-refractivity contribution >= 4 is 9.84 Å². The van der Waals surface area contributed by atoms with E-state index in [1.54, 1.807) is 10.8 Å². The Morgan fingerprint density at radius 3 is 2.81 bits per heavy atom. The van der Waals surface area contributed by atoms with E-state index in [9.17, 15) is 8.42 Å². The fourth-order valence-electron chi connectivity index (χ4n) is 3.20. The summed E-state index contributed by atoms with van der Waals surface area (Å²) in [5.41, 5.74) is 0.830. The number of rotatable bonds is 5. The normalized spacial score (nSPS) is 20.2. The molecule has 0 amide bonds. The zero-order chi connectivity index (χ0) is 18.3. The summed E-state index contributed by atoms with van der Waals surface area (Å²) in [5.74, 6) is 3.38. The van der Waals surface area contributed by atoms with Crippen LogP contribution in [0.2, 0.25) is 0 Å². The number of fused-ring (bicyclic) bond motifs is 1. The average Bonchev–Trinajstić information content (AvgIpc) is 3.25. The summed E-state index contributed by atoms with van der Waals surface area (Å²) in [4.78, 5) is 4.68. The minimum absolute atomic E-state index is 0.0798. The van der Waals surface area contributed by atoms with Crippen LogP contribution in [0.25, 0.3) is 5.69 Å². The second kappa shape index (κ2) is 6.42. The van der Waals surface area contributed by atoms with Crippen molar-refractivity contribution in [3.05, 3.63) is 41.3 Å². The van der Waals surface area contributed by atoms with Gasteiger partial charge in [-0.05, 0) is 24.0 Å². The van der Waals surface area contributed by atoms with Crippen LogP contribution in [0, 0.1) is 11.8 Å². The van der Waals surface area contributed by atoms with Crippen molar-refractivity contribution in [2.75, 3.05) is 12.5 Å². The highest BCUT2D eigenvalue weighted by atomic mass is 32.2. The smallest absolute Gasteiger partial charge is 0.231 e. The molecule has 0 bridgehead atoms. The lowest BCUT2D eigenvalue weighted by Crippen LogP contribution is -2.12. The highest BCUT2D eigenvalue weighted by molar-refractivity contribution is 7.94. The van der Waals surface area contributed by atoms with Gasteiger partial charge in [0.15, 0.2) is 27.2 Å². The van der Waals surface area contributed by atoms with E-state index in [2.05, 4.69) is 23.9 Å². The summed E-state index contributed by atoms with van der Waals surface area (Å²) in [5, 5.41) is 5.96. The van der Waals surface area contributed by atoms with E-state index in [4.69, 9.17) is 9.47 Å². The molecule has 0 spiro atoms. The molecule has 8 heteroatoms. The first-order valence-electron chi connectivity index (χ1n) is 8.65. The topological polar surface area (TPSA) is 83.3 Å². The number of ether oxygens (including phenoxy) is 2. The van der Waals surface area contributed by atoms with Gasteiger partial charge in [0.25, 0.3) is 0 Å². The van der Waals surface area contributed by atoms with Crippen molar-refractivity contribution in [1.29, 1.82) is 0 Å². The quantitative estimate of drug-likeness (QED) is 0.797. The molecular formula is C18H21N3O4S. The first-order valence-corrected chi connectivity index (χ1v) is 10.4. The van der Waals surface area contributed by atoms with Crippen LogP contribution >= 0.6 is 0 Å². The van der Waals surface area contributed by atoms with E-state index in [1.807, 2.05) is 18.2 Å². The predicted octanol–water partition coefficient (Wildman–Crippen LogP) is 2.30. The van der Waals surface area contributed by atoms with Gasteiger partial charge in [0.2, 0.25) is 6.79 Å². The van der Waals surface area contributed by atoms with Crippen LogP contribution in [-0.2, 0) is 22.7 Å². The van der Waals surface area contributed by atoms with Gasteiger partial charge in [-0.3, -0.25) is 0 Å². The Morgan fingerprint density at radius 1 is 1.27 bits per heavy atom. The van der Waals surface area contributed by atoms with Crippen molar-refractivity contribution in [2.24, 2.45) is 11.8 Å². The standard InChI is InChI=1S/C18H21N3O4S/c1-12(2)7-17-19-18(8-13-5-6-26(22,23)10-13)21(20-17)14-3-4-15-16(9-14)25-11-24-15/h3-6,9,12-13H,7-8,10-11H2,1-2H3/t13-/m1/s1. The predicted molar refractivity (Wildman–Crippen MR) is 96.1 cm³/mol. The fourth-order valence-corrected chi connectivity index (χ4v) is 4.60. The van der Waals surface area contributed by atoms with Crippen molar-refractivity contribution in [1.82, 2.24) is 14.8 Å². The molecule has 3 heterocycles. The number of aromatic nitrogens is 3. The second-order valence-electron chi connectivity index (χ2n) is 7.11. The summed E-state index contributed by atoms with van der Waals surface area (Å²) in [6.45, 7) is 4.45. The Labute approximate surface area is 152 Å². The molecule has 2 aliphatic heterocycles. The maximum absolute atomic E-state index is 11.7. The Morgan fingerprint density at radius 2 is 2.08 bits per heavy atom. The third-order valence-corrected chi connectivity index (χ3v) is 5.82. The number of allylic oxidation sites excluding steroid dienone is 1. The summed E-state index contributed by atoms with van der Waals surface area (Å²) < 4.78 is 36.0. The number of hydrogen-bond donors (Lipinski definition) is 0. The molecule has 2 aliphatic rings. The van der Waals surface area contributed by atoms with Crippen molar-refractivity contribution in [3.63, 3.8) is 0 Å². The molecule has 0 N–H and O–H groups in total. The third kappa shape index (κ3) is 3.46. The highest BCUT2D eigenvalue weighted by Gasteiger charge is 2.25. The first kappa shape index (κ1) is 17.1. The minimum Gasteiger partial charge on any atom is -0.454 e. The lowest BCUT2D eigenvalue weighted by atomic mass is 10.1. The Hall–Kier alpha value is -2.35. The van der Waals surface area contributed by atoms with E-state index < -0.39 is 9.84 Å². The van der Waals surface area contributed by atoms with Gasteiger partial charge in [0.1, 0.15) is 5.82 Å². The Bertz CT molecular complexity index is 963. The van der Waals surface area contributed by atoms with Crippen LogP contribution < -0.4 is 9.47 Å². The molecule has 0 fully saturated rings. The molecule has 7 nitrogen and oxygen atoms in total. The maximum Gasteiger partial charge on any atom is 0.231 e. The van der Waals surface area contributed by atoms with Gasteiger partial charge in [0.05, 0.1) is 11.4 Å². The molecule has 1 aromatic carbocycles. The van der Waals surface area contributed by atoms with Gasteiger partial charge in [-0.1, -0.05) is 19.9 Å². The van der Waals surface area contributed by atoms with E-state index in [0.717, 1.165) is 23.8 Å². The Kier molecular flexibility index (Phi) is 4.22. The molecular weight excluding hydrogens is 354 g/mol. The number of benzene rings is 1. The van der Waals surface area contributed by atoms with Gasteiger partial charge in [-0.2, -0.15) is 5.10 Å². The van der Waals surface area contributed by atoms with Crippen LogP contribution in [0.15, 0.2) is 29.7 Å². The van der Waals surface area contributed by atoms with Gasteiger partial charge in [0, 0.05) is 24.3 Å². The number of hydrogen-bond acceptors (Lipinski definition) is 6. The van der Waals surface area contributed by atoms with Crippen LogP contribution in [0.3, 0.4) is 0 Å². The molecule has 1 aromatic heterocycles. The van der Waals surface area contributed by atoms with Crippen LogP contribution in [-0.4, -0.2) is 35.7 Å². The summed E-state index contributed by atoms with van der Waals surface area (Å²) in [6.07, 6.45) is 3.04. The molecule has 26 heavy (non-hydrogen) atoms. The minimum atomic E-state index is -3.09. The van der Waals surface area contributed by atoms with Crippen LogP contribution in [0.4, 0.5) is 0 Å². The molecule has 2 aromatic rings.